The molecule has 1 aliphatic rings. The summed E-state index contributed by atoms with van der Waals surface area (Å²) in [6.07, 6.45) is 11.0. The summed E-state index contributed by atoms with van der Waals surface area (Å²) in [6.45, 7) is 4.38. The van der Waals surface area contributed by atoms with E-state index in [2.05, 4.69) is 44.4 Å². The van der Waals surface area contributed by atoms with Gasteiger partial charge in [-0.1, -0.05) is 39.0 Å². The highest BCUT2D eigenvalue weighted by atomic mass is 15.3. The van der Waals surface area contributed by atoms with E-state index in [9.17, 15) is 0 Å². The average Bonchev–Trinajstić information content (AvgIpc) is 2.81. The number of aromatic nitrogens is 2. The smallest absolute Gasteiger partial charge is 0.0596 e. The maximum atomic E-state index is 4.48. The SMILES string of the molecule is CCCCC1CCC(C(Cc2cc(C)nn2C)NC)CC1. The molecular weight excluding hydrogens is 258 g/mol. The van der Waals surface area contributed by atoms with Crippen LogP contribution < -0.4 is 5.32 Å². The van der Waals surface area contributed by atoms with Crippen molar-refractivity contribution in [1.29, 1.82) is 0 Å². The van der Waals surface area contributed by atoms with Gasteiger partial charge >= 0.3 is 0 Å². The van der Waals surface area contributed by atoms with Crippen LogP contribution in [-0.4, -0.2) is 22.9 Å². The van der Waals surface area contributed by atoms with Crippen molar-refractivity contribution < 1.29 is 0 Å². The first kappa shape index (κ1) is 16.5. The van der Waals surface area contributed by atoms with E-state index in [4.69, 9.17) is 0 Å². The van der Waals surface area contributed by atoms with Gasteiger partial charge in [0, 0.05) is 25.2 Å². The van der Waals surface area contributed by atoms with Gasteiger partial charge in [0.15, 0.2) is 0 Å². The van der Waals surface area contributed by atoms with E-state index in [0.717, 1.165) is 24.0 Å². The Labute approximate surface area is 130 Å². The van der Waals surface area contributed by atoms with Gasteiger partial charge in [0.1, 0.15) is 0 Å². The maximum Gasteiger partial charge on any atom is 0.0596 e. The molecule has 1 heterocycles. The molecule has 1 aromatic heterocycles. The molecule has 0 radical (unpaired) electrons. The van der Waals surface area contributed by atoms with Gasteiger partial charge in [-0.2, -0.15) is 5.10 Å². The van der Waals surface area contributed by atoms with Crippen molar-refractivity contribution in [2.24, 2.45) is 18.9 Å². The largest absolute Gasteiger partial charge is 0.316 e. The van der Waals surface area contributed by atoms with Crippen molar-refractivity contribution >= 4 is 0 Å². The highest BCUT2D eigenvalue weighted by Crippen LogP contribution is 2.34. The predicted molar refractivity (Wildman–Crippen MR) is 89.5 cm³/mol. The molecule has 0 spiro atoms. The van der Waals surface area contributed by atoms with Gasteiger partial charge in [-0.25, -0.2) is 0 Å². The quantitative estimate of drug-likeness (QED) is 0.827. The number of nitrogens with one attached hydrogen (secondary N) is 1. The average molecular weight is 291 g/mol. The second-order valence-corrected chi connectivity index (χ2v) is 6.92. The number of likely N-dealkylation sites (N-methyl/N-ethyl adjacent to an activating group) is 1. The standard InChI is InChI=1S/C18H33N3/c1-5-6-7-15-8-10-16(11-9-15)18(19-3)13-17-12-14(2)20-21(17)4/h12,15-16,18-19H,5-11,13H2,1-4H3. The Hall–Kier alpha value is -0.830. The Morgan fingerprint density at radius 3 is 2.57 bits per heavy atom. The number of nitrogens with zero attached hydrogens (tertiary/aromatic N) is 2. The lowest BCUT2D eigenvalue weighted by molar-refractivity contribution is 0.215. The van der Waals surface area contributed by atoms with E-state index in [1.807, 2.05) is 4.68 Å². The van der Waals surface area contributed by atoms with E-state index < -0.39 is 0 Å². The minimum atomic E-state index is 0.604. The summed E-state index contributed by atoms with van der Waals surface area (Å²) in [5, 5.41) is 8.05. The first-order valence-electron chi connectivity index (χ1n) is 8.80. The zero-order valence-electron chi connectivity index (χ0n) is 14.4. The molecule has 2 rings (SSSR count). The minimum Gasteiger partial charge on any atom is -0.316 e. The Morgan fingerprint density at radius 2 is 2.05 bits per heavy atom. The molecule has 1 unspecified atom stereocenters. The fraction of sp³-hybridized carbons (Fsp3) is 0.833. The molecule has 0 aromatic carbocycles. The van der Waals surface area contributed by atoms with Crippen LogP contribution >= 0.6 is 0 Å². The van der Waals surface area contributed by atoms with E-state index in [1.165, 1.54) is 50.6 Å². The first-order valence-corrected chi connectivity index (χ1v) is 8.80. The molecule has 0 bridgehead atoms. The Bertz CT molecular complexity index is 416. The van der Waals surface area contributed by atoms with Crippen molar-refractivity contribution in [3.63, 3.8) is 0 Å². The van der Waals surface area contributed by atoms with E-state index in [1.54, 1.807) is 0 Å². The summed E-state index contributed by atoms with van der Waals surface area (Å²) in [4.78, 5) is 0. The summed E-state index contributed by atoms with van der Waals surface area (Å²) >= 11 is 0. The number of hydrogen-bond donors (Lipinski definition) is 1. The number of aryl methyl sites for hydroxylation is 2. The molecule has 0 saturated heterocycles. The fourth-order valence-corrected chi connectivity index (χ4v) is 3.96. The minimum absolute atomic E-state index is 0.604. The van der Waals surface area contributed by atoms with Crippen molar-refractivity contribution in [3.05, 3.63) is 17.5 Å². The summed E-state index contributed by atoms with van der Waals surface area (Å²) in [5.74, 6) is 1.83. The Kier molecular flexibility index (Phi) is 6.28. The van der Waals surface area contributed by atoms with E-state index in [-0.39, 0.29) is 0 Å². The molecule has 1 saturated carbocycles. The van der Waals surface area contributed by atoms with Gasteiger partial charge in [0.25, 0.3) is 0 Å². The predicted octanol–water partition coefficient (Wildman–Crippen LogP) is 3.86. The summed E-state index contributed by atoms with van der Waals surface area (Å²) in [6, 6.07) is 2.84. The van der Waals surface area contributed by atoms with E-state index >= 15 is 0 Å². The van der Waals surface area contributed by atoms with Crippen LogP contribution in [-0.2, 0) is 13.5 Å². The van der Waals surface area contributed by atoms with Crippen molar-refractivity contribution in [3.8, 4) is 0 Å². The van der Waals surface area contributed by atoms with Crippen LogP contribution in [0.4, 0.5) is 0 Å². The lowest BCUT2D eigenvalue weighted by Crippen LogP contribution is -2.38. The number of hydrogen-bond acceptors (Lipinski definition) is 2. The molecule has 0 aliphatic heterocycles. The molecule has 3 heteroatoms. The van der Waals surface area contributed by atoms with Crippen molar-refractivity contribution in [1.82, 2.24) is 15.1 Å². The topological polar surface area (TPSA) is 29.9 Å². The third-order valence-electron chi connectivity index (χ3n) is 5.33. The van der Waals surface area contributed by atoms with Crippen LogP contribution in [0.1, 0.15) is 63.3 Å². The van der Waals surface area contributed by atoms with Gasteiger partial charge < -0.3 is 5.32 Å². The van der Waals surface area contributed by atoms with Crippen LogP contribution in [0.2, 0.25) is 0 Å². The molecule has 0 amide bonds. The van der Waals surface area contributed by atoms with Gasteiger partial charge in [0.05, 0.1) is 5.69 Å². The number of rotatable bonds is 7. The third kappa shape index (κ3) is 4.57. The molecule has 1 aliphatic carbocycles. The van der Waals surface area contributed by atoms with Crippen LogP contribution in [0.15, 0.2) is 6.07 Å². The molecule has 120 valence electrons. The van der Waals surface area contributed by atoms with Gasteiger partial charge in [-0.15, -0.1) is 0 Å². The highest BCUT2D eigenvalue weighted by molar-refractivity contribution is 5.10. The molecule has 1 atom stereocenters. The molecule has 21 heavy (non-hydrogen) atoms. The molecular formula is C18H33N3. The van der Waals surface area contributed by atoms with Gasteiger partial charge in [0.2, 0.25) is 0 Å². The zero-order chi connectivity index (χ0) is 15.2. The summed E-state index contributed by atoms with van der Waals surface area (Å²) < 4.78 is 2.05. The van der Waals surface area contributed by atoms with Crippen LogP contribution in [0, 0.1) is 18.8 Å². The summed E-state index contributed by atoms with van der Waals surface area (Å²) in [5.41, 5.74) is 2.49. The van der Waals surface area contributed by atoms with Gasteiger partial charge in [-0.3, -0.25) is 4.68 Å². The molecule has 1 fully saturated rings. The van der Waals surface area contributed by atoms with Crippen LogP contribution in [0.25, 0.3) is 0 Å². The molecule has 1 N–H and O–H groups in total. The first-order chi connectivity index (χ1) is 10.1. The molecule has 3 nitrogen and oxygen atoms in total. The maximum absolute atomic E-state index is 4.48. The Morgan fingerprint density at radius 1 is 1.33 bits per heavy atom. The van der Waals surface area contributed by atoms with Crippen molar-refractivity contribution in [2.75, 3.05) is 7.05 Å². The Balaban J connectivity index is 1.86. The van der Waals surface area contributed by atoms with Gasteiger partial charge in [-0.05, 0) is 44.7 Å². The third-order valence-corrected chi connectivity index (χ3v) is 5.33. The summed E-state index contributed by atoms with van der Waals surface area (Å²) in [7, 11) is 4.19. The highest BCUT2D eigenvalue weighted by Gasteiger charge is 2.27. The number of unbranched alkanes of at least 4 members (excludes halogenated alkanes) is 1. The second-order valence-electron chi connectivity index (χ2n) is 6.92. The lowest BCUT2D eigenvalue weighted by Gasteiger charge is -2.34. The lowest BCUT2D eigenvalue weighted by atomic mass is 9.76. The van der Waals surface area contributed by atoms with Crippen LogP contribution in [0.3, 0.4) is 0 Å². The molecule has 1 aromatic rings. The fourth-order valence-electron chi connectivity index (χ4n) is 3.96. The van der Waals surface area contributed by atoms with Crippen molar-refractivity contribution in [2.45, 2.75) is 71.3 Å². The van der Waals surface area contributed by atoms with E-state index in [0.29, 0.717) is 6.04 Å². The zero-order valence-corrected chi connectivity index (χ0v) is 14.4. The normalized spacial score (nSPS) is 24.2. The second kappa shape index (κ2) is 7.98. The monoisotopic (exact) mass is 291 g/mol. The van der Waals surface area contributed by atoms with Crippen LogP contribution in [0.5, 0.6) is 0 Å².